The largest absolute Gasteiger partial charge is 0.468 e. The molecule has 0 unspecified atom stereocenters. The predicted octanol–water partition coefficient (Wildman–Crippen LogP) is -0.152. The monoisotopic (exact) mass is 225 g/mol. The fourth-order valence-corrected chi connectivity index (χ4v) is 0.889. The fourth-order valence-electron chi connectivity index (χ4n) is 0.889. The molecule has 1 heterocycles. The number of aromatic nitrogens is 2. The molecule has 0 aliphatic rings. The van der Waals surface area contributed by atoms with E-state index >= 15 is 0 Å². The number of hydrogen-bond donors (Lipinski definition) is 1. The number of carbonyl (C=O) groups is 2. The van der Waals surface area contributed by atoms with E-state index in [0.29, 0.717) is 5.82 Å². The van der Waals surface area contributed by atoms with Crippen LogP contribution in [-0.2, 0) is 14.3 Å². The number of esters is 2. The van der Waals surface area contributed by atoms with Crippen molar-refractivity contribution in [2.45, 2.75) is 0 Å². The van der Waals surface area contributed by atoms with E-state index in [4.69, 9.17) is 0 Å². The molecule has 0 atom stereocenters. The summed E-state index contributed by atoms with van der Waals surface area (Å²) in [7, 11) is 2.53. The van der Waals surface area contributed by atoms with Gasteiger partial charge in [0.15, 0.2) is 5.69 Å². The van der Waals surface area contributed by atoms with Crippen LogP contribution >= 0.6 is 0 Å². The minimum atomic E-state index is -0.589. The van der Waals surface area contributed by atoms with E-state index in [9.17, 15) is 9.59 Å². The highest BCUT2D eigenvalue weighted by atomic mass is 16.5. The van der Waals surface area contributed by atoms with E-state index in [-0.39, 0.29) is 12.2 Å². The van der Waals surface area contributed by atoms with Gasteiger partial charge in [-0.2, -0.15) is 0 Å². The molecule has 0 amide bonds. The molecule has 0 aliphatic heterocycles. The summed E-state index contributed by atoms with van der Waals surface area (Å²) in [5.41, 5.74) is 0.0670. The molecular weight excluding hydrogens is 214 g/mol. The fraction of sp³-hybridized carbons (Fsp3) is 0.333. The zero-order valence-corrected chi connectivity index (χ0v) is 8.89. The summed E-state index contributed by atoms with van der Waals surface area (Å²) >= 11 is 0. The van der Waals surface area contributed by atoms with Crippen LogP contribution < -0.4 is 5.32 Å². The van der Waals surface area contributed by atoms with Gasteiger partial charge in [-0.05, 0) is 0 Å². The van der Waals surface area contributed by atoms with Crippen LogP contribution in [0, 0.1) is 0 Å². The molecule has 0 bridgehead atoms. The zero-order chi connectivity index (χ0) is 12.0. The minimum Gasteiger partial charge on any atom is -0.468 e. The van der Waals surface area contributed by atoms with Crippen LogP contribution in [0.4, 0.5) is 5.82 Å². The van der Waals surface area contributed by atoms with E-state index in [1.165, 1.54) is 26.6 Å². The highest BCUT2D eigenvalue weighted by Gasteiger charge is 2.08. The lowest BCUT2D eigenvalue weighted by atomic mass is 10.4. The Morgan fingerprint density at radius 1 is 1.31 bits per heavy atom. The Labute approximate surface area is 91.8 Å². The van der Waals surface area contributed by atoms with Gasteiger partial charge in [0, 0.05) is 0 Å². The second-order valence-corrected chi connectivity index (χ2v) is 2.71. The molecule has 0 radical (unpaired) electrons. The number of nitrogens with zero attached hydrogens (tertiary/aromatic N) is 2. The van der Waals surface area contributed by atoms with Crippen molar-refractivity contribution in [2.24, 2.45) is 0 Å². The quantitative estimate of drug-likeness (QED) is 0.712. The minimum absolute atomic E-state index is 0.0458. The number of hydrogen-bond acceptors (Lipinski definition) is 7. The molecule has 0 aliphatic carbocycles. The molecule has 0 fully saturated rings. The van der Waals surface area contributed by atoms with Crippen molar-refractivity contribution in [3.8, 4) is 0 Å². The first-order chi connectivity index (χ1) is 7.67. The van der Waals surface area contributed by atoms with Crippen molar-refractivity contribution >= 4 is 17.8 Å². The van der Waals surface area contributed by atoms with Crippen LogP contribution in [0.3, 0.4) is 0 Å². The van der Waals surface area contributed by atoms with Gasteiger partial charge in [-0.3, -0.25) is 9.78 Å². The van der Waals surface area contributed by atoms with Crippen molar-refractivity contribution < 1.29 is 19.1 Å². The molecule has 1 aromatic rings. The molecule has 86 valence electrons. The summed E-state index contributed by atoms with van der Waals surface area (Å²) in [6, 6.07) is 0. The Morgan fingerprint density at radius 3 is 2.69 bits per heavy atom. The van der Waals surface area contributed by atoms with Gasteiger partial charge in [-0.15, -0.1) is 0 Å². The lowest BCUT2D eigenvalue weighted by Crippen LogP contribution is -2.16. The maximum atomic E-state index is 11.1. The normalized spacial score (nSPS) is 9.38. The molecule has 1 rings (SSSR count). The van der Waals surface area contributed by atoms with Crippen LogP contribution in [0.1, 0.15) is 10.5 Å². The number of ether oxygens (including phenoxy) is 2. The van der Waals surface area contributed by atoms with E-state index < -0.39 is 11.9 Å². The Balaban J connectivity index is 2.67. The van der Waals surface area contributed by atoms with Gasteiger partial charge in [-0.25, -0.2) is 9.78 Å². The first-order valence-corrected chi connectivity index (χ1v) is 4.38. The lowest BCUT2D eigenvalue weighted by Gasteiger charge is -2.04. The van der Waals surface area contributed by atoms with Crippen LogP contribution in [0.25, 0.3) is 0 Å². The van der Waals surface area contributed by atoms with Crippen LogP contribution in [0.15, 0.2) is 12.4 Å². The number of rotatable bonds is 4. The predicted molar refractivity (Wildman–Crippen MR) is 53.9 cm³/mol. The number of methoxy groups -OCH3 is 2. The standard InChI is InChI=1S/C9H11N3O4/c1-15-8(13)5-11-7-4-10-3-6(12-7)9(14)16-2/h3-4H,5H2,1-2H3,(H,11,12). The summed E-state index contributed by atoms with van der Waals surface area (Å²) < 4.78 is 8.91. The molecule has 1 aromatic heterocycles. The molecule has 0 spiro atoms. The SMILES string of the molecule is COC(=O)CNc1cncc(C(=O)OC)n1. The van der Waals surface area contributed by atoms with Crippen molar-refractivity contribution in [1.82, 2.24) is 9.97 Å². The molecule has 7 heteroatoms. The van der Waals surface area contributed by atoms with E-state index in [1.807, 2.05) is 0 Å². The molecule has 0 saturated carbocycles. The summed E-state index contributed by atoms with van der Waals surface area (Å²) in [5, 5.41) is 2.66. The third-order valence-corrected chi connectivity index (χ3v) is 1.67. The molecule has 1 N–H and O–H groups in total. The second-order valence-electron chi connectivity index (χ2n) is 2.71. The van der Waals surface area contributed by atoms with Crippen molar-refractivity contribution in [3.63, 3.8) is 0 Å². The molecular formula is C9H11N3O4. The molecule has 16 heavy (non-hydrogen) atoms. The van der Waals surface area contributed by atoms with Gasteiger partial charge in [0.25, 0.3) is 0 Å². The van der Waals surface area contributed by atoms with E-state index in [1.54, 1.807) is 0 Å². The van der Waals surface area contributed by atoms with Crippen LogP contribution in [0.2, 0.25) is 0 Å². The third-order valence-electron chi connectivity index (χ3n) is 1.67. The summed E-state index contributed by atoms with van der Waals surface area (Å²) in [6.07, 6.45) is 2.66. The lowest BCUT2D eigenvalue weighted by molar-refractivity contribution is -0.138. The molecule has 0 saturated heterocycles. The Morgan fingerprint density at radius 2 is 2.06 bits per heavy atom. The first kappa shape index (κ1) is 11.9. The first-order valence-electron chi connectivity index (χ1n) is 4.38. The zero-order valence-electron chi connectivity index (χ0n) is 8.89. The highest BCUT2D eigenvalue weighted by molar-refractivity contribution is 5.87. The number of carbonyl (C=O) groups excluding carboxylic acids is 2. The molecule has 0 aromatic carbocycles. The van der Waals surface area contributed by atoms with E-state index in [2.05, 4.69) is 24.8 Å². The number of nitrogens with one attached hydrogen (secondary N) is 1. The number of anilines is 1. The summed E-state index contributed by atoms with van der Waals surface area (Å²) in [5.74, 6) is -0.729. The van der Waals surface area contributed by atoms with Crippen LogP contribution in [-0.4, -0.2) is 42.7 Å². The van der Waals surface area contributed by atoms with Crippen molar-refractivity contribution in [3.05, 3.63) is 18.1 Å². The maximum absolute atomic E-state index is 11.1. The maximum Gasteiger partial charge on any atom is 0.358 e. The van der Waals surface area contributed by atoms with Gasteiger partial charge < -0.3 is 14.8 Å². The average Bonchev–Trinajstić information content (AvgIpc) is 2.35. The summed E-state index contributed by atoms with van der Waals surface area (Å²) in [6.45, 7) is -0.0458. The van der Waals surface area contributed by atoms with E-state index in [0.717, 1.165) is 0 Å². The van der Waals surface area contributed by atoms with Gasteiger partial charge in [0.1, 0.15) is 12.4 Å². The third kappa shape index (κ3) is 3.19. The summed E-state index contributed by atoms with van der Waals surface area (Å²) in [4.78, 5) is 29.6. The Hall–Kier alpha value is -2.18. The molecule has 7 nitrogen and oxygen atoms in total. The van der Waals surface area contributed by atoms with Gasteiger partial charge in [0.2, 0.25) is 0 Å². The topological polar surface area (TPSA) is 90.4 Å². The van der Waals surface area contributed by atoms with Crippen molar-refractivity contribution in [2.75, 3.05) is 26.1 Å². The van der Waals surface area contributed by atoms with Crippen LogP contribution in [0.5, 0.6) is 0 Å². The second kappa shape index (κ2) is 5.64. The average molecular weight is 225 g/mol. The Bertz CT molecular complexity index is 394. The highest BCUT2D eigenvalue weighted by Crippen LogP contribution is 2.02. The van der Waals surface area contributed by atoms with Gasteiger partial charge >= 0.3 is 11.9 Å². The Kier molecular flexibility index (Phi) is 4.19. The van der Waals surface area contributed by atoms with Gasteiger partial charge in [0.05, 0.1) is 26.6 Å². The van der Waals surface area contributed by atoms with Gasteiger partial charge in [-0.1, -0.05) is 0 Å². The smallest absolute Gasteiger partial charge is 0.358 e. The van der Waals surface area contributed by atoms with Crippen molar-refractivity contribution in [1.29, 1.82) is 0 Å².